The van der Waals surface area contributed by atoms with Crippen molar-refractivity contribution in [1.82, 2.24) is 9.55 Å². The van der Waals surface area contributed by atoms with Crippen molar-refractivity contribution in [3.05, 3.63) is 78.4 Å². The van der Waals surface area contributed by atoms with Crippen LogP contribution >= 0.6 is 0 Å². The first kappa shape index (κ1) is 18.7. The van der Waals surface area contributed by atoms with Crippen LogP contribution in [0.5, 0.6) is 0 Å². The molecule has 29 heavy (non-hydrogen) atoms. The van der Waals surface area contributed by atoms with Crippen LogP contribution in [0.2, 0.25) is 0 Å². The van der Waals surface area contributed by atoms with Gasteiger partial charge >= 0.3 is 5.97 Å². The zero-order valence-electron chi connectivity index (χ0n) is 16.8. The molecule has 0 aliphatic carbocycles. The lowest BCUT2D eigenvalue weighted by Gasteiger charge is -2.13. The predicted octanol–water partition coefficient (Wildman–Crippen LogP) is 4.94. The van der Waals surface area contributed by atoms with Crippen molar-refractivity contribution in [3.63, 3.8) is 0 Å². The molecule has 0 fully saturated rings. The Morgan fingerprint density at radius 2 is 1.72 bits per heavy atom. The first-order valence-electron chi connectivity index (χ1n) is 9.61. The van der Waals surface area contributed by atoms with Gasteiger partial charge < -0.3 is 9.64 Å². The molecule has 0 aliphatic rings. The quantitative estimate of drug-likeness (QED) is 0.457. The summed E-state index contributed by atoms with van der Waals surface area (Å²) in [6.45, 7) is 2.15. The molecule has 5 nitrogen and oxygen atoms in total. The fourth-order valence-corrected chi connectivity index (χ4v) is 3.36. The number of ether oxygens (including phenoxy) is 1. The lowest BCUT2D eigenvalue weighted by atomic mass is 10.1. The fourth-order valence-electron chi connectivity index (χ4n) is 3.36. The van der Waals surface area contributed by atoms with E-state index < -0.39 is 0 Å². The molecule has 4 aromatic rings. The molecule has 5 heteroatoms. The zero-order chi connectivity index (χ0) is 20.4. The fraction of sp³-hybridized carbons (Fsp3) is 0.167. The maximum absolute atomic E-state index is 12.2. The molecule has 4 rings (SSSR count). The first-order chi connectivity index (χ1) is 14.1. The Balaban J connectivity index is 1.90. The Morgan fingerprint density at radius 3 is 2.38 bits per heavy atom. The third-order valence-electron chi connectivity index (χ3n) is 4.82. The number of hydrogen-bond acceptors (Lipinski definition) is 4. The van der Waals surface area contributed by atoms with Crippen LogP contribution < -0.4 is 4.90 Å². The Bertz CT molecular complexity index is 1150. The van der Waals surface area contributed by atoms with Gasteiger partial charge in [0.05, 0.1) is 23.2 Å². The second kappa shape index (κ2) is 7.80. The van der Waals surface area contributed by atoms with Crippen LogP contribution in [-0.2, 0) is 4.74 Å². The minimum Gasteiger partial charge on any atom is -0.462 e. The summed E-state index contributed by atoms with van der Waals surface area (Å²) in [5.41, 5.74) is 5.35. The Kier molecular flexibility index (Phi) is 5.04. The summed E-state index contributed by atoms with van der Waals surface area (Å²) in [4.78, 5) is 19.1. The molecule has 3 aromatic carbocycles. The summed E-state index contributed by atoms with van der Waals surface area (Å²) < 4.78 is 7.26. The van der Waals surface area contributed by atoms with E-state index in [4.69, 9.17) is 9.72 Å². The maximum Gasteiger partial charge on any atom is 0.338 e. The Hall–Kier alpha value is -3.60. The molecule has 0 spiro atoms. The summed E-state index contributed by atoms with van der Waals surface area (Å²) in [5.74, 6) is 0.498. The number of imidazole rings is 1. The summed E-state index contributed by atoms with van der Waals surface area (Å²) in [7, 11) is 4.04. The predicted molar refractivity (Wildman–Crippen MR) is 117 cm³/mol. The molecule has 0 atom stereocenters. The number of rotatable bonds is 5. The van der Waals surface area contributed by atoms with Crippen molar-refractivity contribution in [2.75, 3.05) is 25.6 Å². The van der Waals surface area contributed by atoms with Gasteiger partial charge in [-0.2, -0.15) is 0 Å². The number of anilines is 1. The lowest BCUT2D eigenvalue weighted by Crippen LogP contribution is -2.08. The van der Waals surface area contributed by atoms with Crippen molar-refractivity contribution < 1.29 is 9.53 Å². The normalized spacial score (nSPS) is 10.9. The minimum absolute atomic E-state index is 0.333. The van der Waals surface area contributed by atoms with Crippen molar-refractivity contribution in [1.29, 1.82) is 0 Å². The SMILES string of the molecule is CCOC(=O)c1ccc2c(c1)nc(-c1ccc(N(C)C)cc1)n2-c1ccccc1. The van der Waals surface area contributed by atoms with Gasteiger partial charge in [0.25, 0.3) is 0 Å². The molecule has 0 N–H and O–H groups in total. The molecule has 0 unspecified atom stereocenters. The van der Waals surface area contributed by atoms with Gasteiger partial charge in [0.1, 0.15) is 5.82 Å². The third-order valence-corrected chi connectivity index (χ3v) is 4.82. The average Bonchev–Trinajstić information content (AvgIpc) is 3.13. The van der Waals surface area contributed by atoms with Crippen LogP contribution in [0.25, 0.3) is 28.1 Å². The van der Waals surface area contributed by atoms with E-state index in [1.807, 2.05) is 38.4 Å². The van der Waals surface area contributed by atoms with Crippen LogP contribution in [-0.4, -0.2) is 36.2 Å². The molecule has 0 saturated carbocycles. The number of carbonyl (C=O) groups is 1. The monoisotopic (exact) mass is 385 g/mol. The van der Waals surface area contributed by atoms with Crippen molar-refractivity contribution >= 4 is 22.7 Å². The van der Waals surface area contributed by atoms with Crippen LogP contribution in [0.3, 0.4) is 0 Å². The molecular formula is C24H23N3O2. The number of nitrogens with zero attached hydrogens (tertiary/aromatic N) is 3. The van der Waals surface area contributed by atoms with Gasteiger partial charge in [0, 0.05) is 31.0 Å². The maximum atomic E-state index is 12.2. The van der Waals surface area contributed by atoms with Crippen LogP contribution in [0.15, 0.2) is 72.8 Å². The molecule has 0 saturated heterocycles. The number of esters is 1. The van der Waals surface area contributed by atoms with E-state index in [1.165, 1.54) is 0 Å². The van der Waals surface area contributed by atoms with E-state index in [0.29, 0.717) is 12.2 Å². The Morgan fingerprint density at radius 1 is 1.00 bits per heavy atom. The second-order valence-electron chi connectivity index (χ2n) is 6.97. The van der Waals surface area contributed by atoms with E-state index >= 15 is 0 Å². The van der Waals surface area contributed by atoms with Gasteiger partial charge in [-0.3, -0.25) is 4.57 Å². The van der Waals surface area contributed by atoms with Crippen LogP contribution in [0, 0.1) is 0 Å². The van der Waals surface area contributed by atoms with Gasteiger partial charge in [-0.1, -0.05) is 18.2 Å². The molecular weight excluding hydrogens is 362 g/mol. The number of aromatic nitrogens is 2. The smallest absolute Gasteiger partial charge is 0.338 e. The van der Waals surface area contributed by atoms with E-state index in [2.05, 4.69) is 45.9 Å². The molecule has 0 amide bonds. The highest BCUT2D eigenvalue weighted by Crippen LogP contribution is 2.30. The van der Waals surface area contributed by atoms with E-state index in [0.717, 1.165) is 33.8 Å². The number of fused-ring (bicyclic) bond motifs is 1. The summed E-state index contributed by atoms with van der Waals surface area (Å²) in [6.07, 6.45) is 0. The Labute approximate surface area is 170 Å². The van der Waals surface area contributed by atoms with Crippen LogP contribution in [0.1, 0.15) is 17.3 Å². The van der Waals surface area contributed by atoms with E-state index in [9.17, 15) is 4.79 Å². The highest BCUT2D eigenvalue weighted by molar-refractivity contribution is 5.95. The van der Waals surface area contributed by atoms with Crippen molar-refractivity contribution in [2.24, 2.45) is 0 Å². The van der Waals surface area contributed by atoms with Crippen molar-refractivity contribution in [2.45, 2.75) is 6.92 Å². The summed E-state index contributed by atoms with van der Waals surface area (Å²) in [6, 6.07) is 23.9. The highest BCUT2D eigenvalue weighted by atomic mass is 16.5. The number of carbonyl (C=O) groups excluding carboxylic acids is 1. The zero-order valence-corrected chi connectivity index (χ0v) is 16.8. The standard InChI is InChI=1S/C24H23N3O2/c1-4-29-24(28)18-12-15-22-21(16-18)25-23(27(22)20-8-6-5-7-9-20)17-10-13-19(14-11-17)26(2)3/h5-16H,4H2,1-3H3. The molecule has 1 aromatic heterocycles. The number of benzene rings is 3. The number of hydrogen-bond donors (Lipinski definition) is 0. The second-order valence-corrected chi connectivity index (χ2v) is 6.97. The van der Waals surface area contributed by atoms with Crippen molar-refractivity contribution in [3.8, 4) is 17.1 Å². The molecule has 0 radical (unpaired) electrons. The molecule has 1 heterocycles. The lowest BCUT2D eigenvalue weighted by molar-refractivity contribution is 0.0526. The highest BCUT2D eigenvalue weighted by Gasteiger charge is 2.16. The molecule has 146 valence electrons. The topological polar surface area (TPSA) is 47.4 Å². The third kappa shape index (κ3) is 3.59. The molecule has 0 aliphatic heterocycles. The van der Waals surface area contributed by atoms with Gasteiger partial charge in [-0.25, -0.2) is 9.78 Å². The number of para-hydroxylation sites is 1. The van der Waals surface area contributed by atoms with Gasteiger partial charge in [-0.05, 0) is 61.5 Å². The van der Waals surface area contributed by atoms with Crippen LogP contribution in [0.4, 0.5) is 5.69 Å². The largest absolute Gasteiger partial charge is 0.462 e. The summed E-state index contributed by atoms with van der Waals surface area (Å²) in [5, 5.41) is 0. The van der Waals surface area contributed by atoms with Gasteiger partial charge in [0.2, 0.25) is 0 Å². The van der Waals surface area contributed by atoms with E-state index in [-0.39, 0.29) is 5.97 Å². The summed E-state index contributed by atoms with van der Waals surface area (Å²) >= 11 is 0. The minimum atomic E-state index is -0.333. The van der Waals surface area contributed by atoms with Gasteiger partial charge in [-0.15, -0.1) is 0 Å². The molecule has 0 bridgehead atoms. The van der Waals surface area contributed by atoms with Gasteiger partial charge in [0.15, 0.2) is 0 Å². The average molecular weight is 385 g/mol. The first-order valence-corrected chi connectivity index (χ1v) is 9.61. The van der Waals surface area contributed by atoms with E-state index in [1.54, 1.807) is 19.1 Å².